The smallest absolute Gasteiger partial charge is 0.331 e. The molecular formula is C32H36Cl2N6O5. The highest BCUT2D eigenvalue weighted by molar-refractivity contribution is 6.43. The van der Waals surface area contributed by atoms with Crippen LogP contribution in [-0.4, -0.2) is 70.1 Å². The third-order valence-corrected chi connectivity index (χ3v) is 9.13. The van der Waals surface area contributed by atoms with Crippen LogP contribution in [0.1, 0.15) is 25.3 Å². The average Bonchev–Trinajstić information content (AvgIpc) is 3.19. The molecule has 1 aromatic heterocycles. The first-order chi connectivity index (χ1) is 21.6. The van der Waals surface area contributed by atoms with Crippen molar-refractivity contribution in [3.63, 3.8) is 0 Å². The van der Waals surface area contributed by atoms with Gasteiger partial charge in [0, 0.05) is 63.1 Å². The average molecular weight is 656 g/mol. The van der Waals surface area contributed by atoms with Gasteiger partial charge in [0.1, 0.15) is 12.3 Å². The lowest BCUT2D eigenvalue weighted by Gasteiger charge is -2.40. The Morgan fingerprint density at radius 1 is 1.09 bits per heavy atom. The van der Waals surface area contributed by atoms with E-state index in [0.717, 1.165) is 53.2 Å². The van der Waals surface area contributed by atoms with Crippen LogP contribution in [0.3, 0.4) is 0 Å². The normalized spacial score (nSPS) is 15.2. The number of carbonyl (C=O) groups is 2. The van der Waals surface area contributed by atoms with E-state index in [1.54, 1.807) is 30.2 Å². The van der Waals surface area contributed by atoms with Crippen molar-refractivity contribution in [1.82, 2.24) is 24.3 Å². The third-order valence-electron chi connectivity index (χ3n) is 8.31. The molecular weight excluding hydrogens is 619 g/mol. The summed E-state index contributed by atoms with van der Waals surface area (Å²) in [5, 5.41) is 6.45. The third kappa shape index (κ3) is 7.04. The molecule has 1 saturated heterocycles. The molecule has 0 saturated carbocycles. The number of aromatic nitrogens is 2. The Morgan fingerprint density at radius 2 is 1.84 bits per heavy atom. The first kappa shape index (κ1) is 32.2. The number of piperidine rings is 1. The minimum absolute atomic E-state index is 0.0634. The van der Waals surface area contributed by atoms with Gasteiger partial charge in [-0.3, -0.25) is 23.5 Å². The Labute approximate surface area is 271 Å². The van der Waals surface area contributed by atoms with E-state index in [1.165, 1.54) is 17.7 Å². The minimum Gasteiger partial charge on any atom is -0.497 e. The number of rotatable bonds is 8. The number of ether oxygens (including phenoxy) is 1. The minimum atomic E-state index is -0.654. The second-order valence-corrected chi connectivity index (χ2v) is 11.9. The molecule has 3 heterocycles. The predicted octanol–water partition coefficient (Wildman–Crippen LogP) is 3.56. The quantitative estimate of drug-likeness (QED) is 0.381. The van der Waals surface area contributed by atoms with Crippen molar-refractivity contribution in [1.29, 1.82) is 0 Å². The van der Waals surface area contributed by atoms with Gasteiger partial charge in [0.25, 0.3) is 5.56 Å². The number of nitrogens with zero attached hydrogens (tertiary/aromatic N) is 4. The van der Waals surface area contributed by atoms with Gasteiger partial charge in [0.15, 0.2) is 0 Å². The topological polar surface area (TPSA) is 118 Å². The lowest BCUT2D eigenvalue weighted by Crippen LogP contribution is -2.49. The zero-order valence-electron chi connectivity index (χ0n) is 25.3. The van der Waals surface area contributed by atoms with Crippen LogP contribution in [0.2, 0.25) is 10.0 Å². The number of methoxy groups -OCH3 is 1. The van der Waals surface area contributed by atoms with Gasteiger partial charge in [0.2, 0.25) is 11.8 Å². The summed E-state index contributed by atoms with van der Waals surface area (Å²) in [5.74, 6) is 1.11. The Kier molecular flexibility index (Phi) is 9.89. The lowest BCUT2D eigenvalue weighted by molar-refractivity contribution is -0.133. The highest BCUT2D eigenvalue weighted by atomic mass is 35.5. The van der Waals surface area contributed by atoms with Crippen LogP contribution in [0.4, 0.5) is 5.69 Å². The standard InChI is InChI=1S/C32H36Cl2N6O5/c1-20-36-28-8-7-24(45-3)17-22(28)9-15-39(20)23-10-13-37(14-11-23)29(42)19-38-18-26(25-5-4-6-27(33)30(25)34)31(43)40(32(38)44)16-12-35-21(2)41/h4-8,17-18,23,36H,1,9-16,19H2,2-3H3,(H,35,41). The first-order valence-electron chi connectivity index (χ1n) is 14.8. The highest BCUT2D eigenvalue weighted by Crippen LogP contribution is 2.32. The first-order valence-corrected chi connectivity index (χ1v) is 15.5. The molecule has 1 fully saturated rings. The summed E-state index contributed by atoms with van der Waals surface area (Å²) in [7, 11) is 1.65. The molecule has 5 rings (SSSR count). The monoisotopic (exact) mass is 654 g/mol. The van der Waals surface area contributed by atoms with Crippen molar-refractivity contribution in [2.75, 3.05) is 38.6 Å². The van der Waals surface area contributed by atoms with Gasteiger partial charge >= 0.3 is 5.69 Å². The van der Waals surface area contributed by atoms with E-state index in [9.17, 15) is 19.2 Å². The maximum atomic E-state index is 13.5. The molecule has 11 nitrogen and oxygen atoms in total. The van der Waals surface area contributed by atoms with Crippen LogP contribution in [0.15, 0.2) is 64.6 Å². The van der Waals surface area contributed by atoms with Crippen LogP contribution in [-0.2, 0) is 29.1 Å². The number of hydrogen-bond acceptors (Lipinski definition) is 7. The molecule has 0 bridgehead atoms. The fourth-order valence-corrected chi connectivity index (χ4v) is 6.31. The zero-order valence-corrected chi connectivity index (χ0v) is 26.8. The SMILES string of the molecule is C=C1Nc2ccc(OC)cc2CCN1C1CCN(C(=O)Cn2cc(-c3cccc(Cl)c3Cl)c(=O)n(CCNC(C)=O)c2=O)CC1. The Bertz CT molecular complexity index is 1740. The van der Waals surface area contributed by atoms with Crippen LogP contribution in [0.5, 0.6) is 5.75 Å². The van der Waals surface area contributed by atoms with Gasteiger partial charge in [-0.1, -0.05) is 41.9 Å². The van der Waals surface area contributed by atoms with Crippen molar-refractivity contribution >= 4 is 40.7 Å². The number of nitrogens with one attached hydrogen (secondary N) is 2. The molecule has 2 N–H and O–H groups in total. The summed E-state index contributed by atoms with van der Waals surface area (Å²) in [4.78, 5) is 55.8. The molecule has 45 heavy (non-hydrogen) atoms. The molecule has 2 aliphatic rings. The number of benzene rings is 2. The number of hydrogen-bond donors (Lipinski definition) is 2. The molecule has 2 aliphatic heterocycles. The fraction of sp³-hybridized carbons (Fsp3) is 0.375. The second kappa shape index (κ2) is 13.8. The molecule has 2 aromatic carbocycles. The van der Waals surface area contributed by atoms with Crippen LogP contribution in [0, 0.1) is 0 Å². The van der Waals surface area contributed by atoms with Gasteiger partial charge in [0.05, 0.1) is 28.5 Å². The van der Waals surface area contributed by atoms with E-state index in [0.29, 0.717) is 18.7 Å². The number of carbonyl (C=O) groups excluding carboxylic acids is 2. The Morgan fingerprint density at radius 3 is 2.56 bits per heavy atom. The largest absolute Gasteiger partial charge is 0.497 e. The van der Waals surface area contributed by atoms with Crippen molar-refractivity contribution < 1.29 is 14.3 Å². The van der Waals surface area contributed by atoms with Crippen molar-refractivity contribution in [2.45, 2.75) is 45.3 Å². The maximum Gasteiger partial charge on any atom is 0.331 e. The molecule has 0 spiro atoms. The van der Waals surface area contributed by atoms with E-state index >= 15 is 0 Å². The second-order valence-electron chi connectivity index (χ2n) is 11.1. The van der Waals surface area contributed by atoms with Gasteiger partial charge < -0.3 is 25.2 Å². The molecule has 3 aromatic rings. The van der Waals surface area contributed by atoms with Gasteiger partial charge in [-0.15, -0.1) is 0 Å². The van der Waals surface area contributed by atoms with Gasteiger partial charge in [-0.25, -0.2) is 4.79 Å². The number of amides is 2. The molecule has 0 radical (unpaired) electrons. The lowest BCUT2D eigenvalue weighted by atomic mass is 10.0. The summed E-state index contributed by atoms with van der Waals surface area (Å²) >= 11 is 12.7. The Balaban J connectivity index is 1.31. The van der Waals surface area contributed by atoms with Crippen molar-refractivity contribution in [3.8, 4) is 16.9 Å². The predicted molar refractivity (Wildman–Crippen MR) is 175 cm³/mol. The highest BCUT2D eigenvalue weighted by Gasteiger charge is 2.30. The maximum absolute atomic E-state index is 13.5. The van der Waals surface area contributed by atoms with Crippen LogP contribution >= 0.6 is 23.2 Å². The van der Waals surface area contributed by atoms with Gasteiger partial charge in [-0.05, 0) is 49.1 Å². The summed E-state index contributed by atoms with van der Waals surface area (Å²) in [5.41, 5.74) is 1.40. The van der Waals surface area contributed by atoms with Crippen LogP contribution < -0.4 is 26.6 Å². The molecule has 0 aliphatic carbocycles. The van der Waals surface area contributed by atoms with E-state index in [2.05, 4.69) is 22.1 Å². The summed E-state index contributed by atoms with van der Waals surface area (Å²) in [6.07, 6.45) is 3.67. The summed E-state index contributed by atoms with van der Waals surface area (Å²) in [6, 6.07) is 11.0. The zero-order chi connectivity index (χ0) is 32.2. The van der Waals surface area contributed by atoms with Crippen molar-refractivity contribution in [2.24, 2.45) is 0 Å². The van der Waals surface area contributed by atoms with E-state index < -0.39 is 11.2 Å². The number of halogens is 2. The van der Waals surface area contributed by atoms with Crippen molar-refractivity contribution in [3.05, 3.63) is 91.4 Å². The summed E-state index contributed by atoms with van der Waals surface area (Å²) in [6.45, 7) is 7.16. The number of anilines is 1. The summed E-state index contributed by atoms with van der Waals surface area (Å²) < 4.78 is 7.62. The molecule has 0 atom stereocenters. The molecule has 2 amide bonds. The van der Waals surface area contributed by atoms with E-state index in [4.69, 9.17) is 27.9 Å². The van der Waals surface area contributed by atoms with Gasteiger partial charge in [-0.2, -0.15) is 0 Å². The van der Waals surface area contributed by atoms with Crippen LogP contribution in [0.25, 0.3) is 11.1 Å². The fourth-order valence-electron chi connectivity index (χ4n) is 5.91. The van der Waals surface area contributed by atoms with E-state index in [-0.39, 0.29) is 53.1 Å². The molecule has 0 unspecified atom stereocenters. The molecule has 13 heteroatoms. The number of fused-ring (bicyclic) bond motifs is 1. The molecule has 238 valence electrons. The Hall–Kier alpha value is -4.22. The van der Waals surface area contributed by atoms with E-state index in [1.807, 2.05) is 18.2 Å². The number of likely N-dealkylation sites (tertiary alicyclic amines) is 1.